The van der Waals surface area contributed by atoms with E-state index in [0.717, 1.165) is 0 Å². The molecule has 0 saturated carbocycles. The Hall–Kier alpha value is -4.39. The molecular formula is C26H20O7. The van der Waals surface area contributed by atoms with Crippen LogP contribution in [0, 0.1) is 0 Å². The van der Waals surface area contributed by atoms with Gasteiger partial charge in [-0.3, -0.25) is 9.59 Å². The predicted octanol–water partition coefficient (Wildman–Crippen LogP) is 4.39. The Morgan fingerprint density at radius 3 is 1.88 bits per heavy atom. The van der Waals surface area contributed by atoms with Gasteiger partial charge in [-0.15, -0.1) is 0 Å². The second-order valence-corrected chi connectivity index (χ2v) is 7.13. The average Bonchev–Trinajstić information content (AvgIpc) is 3.09. The Morgan fingerprint density at radius 2 is 1.27 bits per heavy atom. The lowest BCUT2D eigenvalue weighted by molar-refractivity contribution is 0.0728. The zero-order valence-corrected chi connectivity index (χ0v) is 18.2. The Balaban J connectivity index is 1.59. The molecule has 166 valence electrons. The lowest BCUT2D eigenvalue weighted by Crippen LogP contribution is -2.10. The second kappa shape index (κ2) is 9.00. The molecule has 0 atom stereocenters. The quantitative estimate of drug-likeness (QED) is 0.241. The number of carbonyl (C=O) groups is 3. The highest BCUT2D eigenvalue weighted by atomic mass is 16.6. The van der Waals surface area contributed by atoms with Gasteiger partial charge < -0.3 is 18.9 Å². The van der Waals surface area contributed by atoms with Gasteiger partial charge in [0.25, 0.3) is 0 Å². The molecule has 0 unspecified atom stereocenters. The van der Waals surface area contributed by atoms with Gasteiger partial charge in [-0.25, -0.2) is 4.79 Å². The minimum Gasteiger partial charge on any atom is -0.493 e. The zero-order chi connectivity index (χ0) is 23.5. The molecule has 0 aromatic heterocycles. The van der Waals surface area contributed by atoms with Crippen molar-refractivity contribution in [3.63, 3.8) is 0 Å². The lowest BCUT2D eigenvalue weighted by Gasteiger charge is -2.12. The maximum atomic E-state index is 12.7. The Labute approximate surface area is 190 Å². The molecule has 0 N–H and O–H groups in total. The third kappa shape index (κ3) is 4.08. The van der Waals surface area contributed by atoms with Crippen LogP contribution in [0.25, 0.3) is 6.08 Å². The minimum atomic E-state index is -0.614. The molecule has 1 aliphatic carbocycles. The summed E-state index contributed by atoms with van der Waals surface area (Å²) >= 11 is 0. The van der Waals surface area contributed by atoms with Crippen LogP contribution in [0.4, 0.5) is 0 Å². The van der Waals surface area contributed by atoms with E-state index in [1.165, 1.54) is 33.5 Å². The first-order chi connectivity index (χ1) is 16.0. The number of methoxy groups -OCH3 is 3. The summed E-state index contributed by atoms with van der Waals surface area (Å²) in [5.41, 5.74) is 1.68. The number of carbonyl (C=O) groups excluding carboxylic acids is 3. The number of hydrogen-bond acceptors (Lipinski definition) is 7. The summed E-state index contributed by atoms with van der Waals surface area (Å²) in [6.07, 6.45) is 1.51. The van der Waals surface area contributed by atoms with E-state index in [4.69, 9.17) is 18.9 Å². The third-order valence-electron chi connectivity index (χ3n) is 5.23. The van der Waals surface area contributed by atoms with Gasteiger partial charge >= 0.3 is 5.97 Å². The van der Waals surface area contributed by atoms with E-state index in [-0.39, 0.29) is 34.2 Å². The fourth-order valence-electron chi connectivity index (χ4n) is 3.55. The number of Topliss-reactive ketones (excluding diaryl/α,β-unsaturated/α-hetero) is 2. The van der Waals surface area contributed by atoms with Gasteiger partial charge in [0.15, 0.2) is 34.6 Å². The summed E-state index contributed by atoms with van der Waals surface area (Å²) < 4.78 is 21.3. The molecule has 0 amide bonds. The highest BCUT2D eigenvalue weighted by Crippen LogP contribution is 2.33. The van der Waals surface area contributed by atoms with E-state index in [9.17, 15) is 14.4 Å². The van der Waals surface area contributed by atoms with Crippen LogP contribution in [0.1, 0.15) is 36.6 Å². The summed E-state index contributed by atoms with van der Waals surface area (Å²) in [4.78, 5) is 37.9. The normalized spacial score (nSPS) is 12.3. The highest BCUT2D eigenvalue weighted by molar-refractivity contribution is 6.41. The molecule has 0 aliphatic heterocycles. The number of allylic oxidation sites excluding steroid dienone is 1. The van der Waals surface area contributed by atoms with Crippen molar-refractivity contribution in [1.82, 2.24) is 0 Å². The Morgan fingerprint density at radius 1 is 0.697 bits per heavy atom. The summed E-state index contributed by atoms with van der Waals surface area (Å²) in [6, 6.07) is 16.2. The predicted molar refractivity (Wildman–Crippen MR) is 121 cm³/mol. The molecule has 0 fully saturated rings. The van der Waals surface area contributed by atoms with E-state index in [2.05, 4.69) is 0 Å². The third-order valence-corrected chi connectivity index (χ3v) is 5.23. The fraction of sp³-hybridized carbons (Fsp3) is 0.115. The Kier molecular flexibility index (Phi) is 5.95. The summed E-state index contributed by atoms with van der Waals surface area (Å²) in [6.45, 7) is 0. The van der Waals surface area contributed by atoms with Crippen LogP contribution in [0.3, 0.4) is 0 Å². The molecule has 3 aromatic rings. The maximum absolute atomic E-state index is 12.7. The van der Waals surface area contributed by atoms with Gasteiger partial charge in [0, 0.05) is 11.1 Å². The van der Waals surface area contributed by atoms with E-state index < -0.39 is 5.97 Å². The zero-order valence-electron chi connectivity index (χ0n) is 18.2. The molecule has 4 rings (SSSR count). The average molecular weight is 444 g/mol. The van der Waals surface area contributed by atoms with Crippen molar-refractivity contribution in [2.75, 3.05) is 21.3 Å². The Bertz CT molecular complexity index is 1270. The standard InChI is InChI=1S/C26H20O7/c1-30-20-11-9-16(14-23(20)32-3)26(29)33-21-10-8-15(13-22(21)31-2)12-19-24(27)17-6-4-5-7-18(17)25(19)28/h4-14H,1-3H3. The molecule has 33 heavy (non-hydrogen) atoms. The largest absolute Gasteiger partial charge is 0.493 e. The molecule has 0 bridgehead atoms. The topological polar surface area (TPSA) is 88.1 Å². The van der Waals surface area contributed by atoms with Crippen LogP contribution < -0.4 is 18.9 Å². The molecule has 1 aliphatic rings. The monoisotopic (exact) mass is 444 g/mol. The summed E-state index contributed by atoms with van der Waals surface area (Å²) in [5, 5.41) is 0. The molecule has 0 radical (unpaired) electrons. The highest BCUT2D eigenvalue weighted by Gasteiger charge is 2.32. The molecule has 3 aromatic carbocycles. The number of fused-ring (bicyclic) bond motifs is 1. The number of rotatable bonds is 6. The van der Waals surface area contributed by atoms with Crippen molar-refractivity contribution in [3.8, 4) is 23.0 Å². The first-order valence-electron chi connectivity index (χ1n) is 9.99. The van der Waals surface area contributed by atoms with Gasteiger partial charge in [0.1, 0.15) is 0 Å². The summed E-state index contributed by atoms with van der Waals surface area (Å²) in [7, 11) is 4.41. The van der Waals surface area contributed by atoms with E-state index in [1.54, 1.807) is 54.6 Å². The van der Waals surface area contributed by atoms with Crippen LogP contribution in [-0.4, -0.2) is 38.9 Å². The smallest absolute Gasteiger partial charge is 0.343 e. The van der Waals surface area contributed by atoms with Crippen molar-refractivity contribution in [1.29, 1.82) is 0 Å². The molecule has 0 saturated heterocycles. The van der Waals surface area contributed by atoms with Gasteiger partial charge in [-0.2, -0.15) is 0 Å². The van der Waals surface area contributed by atoms with Crippen molar-refractivity contribution >= 4 is 23.6 Å². The summed E-state index contributed by atoms with van der Waals surface area (Å²) in [5.74, 6) is 0.0874. The first-order valence-corrected chi connectivity index (χ1v) is 9.99. The SMILES string of the molecule is COc1ccc(C(=O)Oc2ccc(C=C3C(=O)c4ccccc4C3=O)cc2OC)cc1OC. The first kappa shape index (κ1) is 21.8. The van der Waals surface area contributed by atoms with Crippen LogP contribution in [0.15, 0.2) is 66.2 Å². The van der Waals surface area contributed by atoms with Gasteiger partial charge in [-0.1, -0.05) is 30.3 Å². The van der Waals surface area contributed by atoms with Crippen LogP contribution >= 0.6 is 0 Å². The number of esters is 1. The van der Waals surface area contributed by atoms with E-state index in [0.29, 0.717) is 28.2 Å². The molecule has 0 heterocycles. The molecule has 7 heteroatoms. The maximum Gasteiger partial charge on any atom is 0.343 e. The molecular weight excluding hydrogens is 424 g/mol. The second-order valence-electron chi connectivity index (χ2n) is 7.13. The van der Waals surface area contributed by atoms with Crippen molar-refractivity contribution in [2.24, 2.45) is 0 Å². The van der Waals surface area contributed by atoms with Crippen LogP contribution in [0.5, 0.6) is 23.0 Å². The van der Waals surface area contributed by atoms with Crippen LogP contribution in [-0.2, 0) is 0 Å². The van der Waals surface area contributed by atoms with Gasteiger partial charge in [-0.05, 0) is 42.0 Å². The van der Waals surface area contributed by atoms with E-state index in [1.807, 2.05) is 0 Å². The number of benzene rings is 3. The number of ketones is 2. The lowest BCUT2D eigenvalue weighted by atomic mass is 10.1. The fourth-order valence-corrected chi connectivity index (χ4v) is 3.55. The van der Waals surface area contributed by atoms with Gasteiger partial charge in [0.05, 0.1) is 32.5 Å². The number of hydrogen-bond donors (Lipinski definition) is 0. The minimum absolute atomic E-state index is 0.0772. The van der Waals surface area contributed by atoms with Crippen molar-refractivity contribution in [2.45, 2.75) is 0 Å². The molecule has 7 nitrogen and oxygen atoms in total. The van der Waals surface area contributed by atoms with E-state index >= 15 is 0 Å². The van der Waals surface area contributed by atoms with Crippen LogP contribution in [0.2, 0.25) is 0 Å². The van der Waals surface area contributed by atoms with Crippen molar-refractivity contribution < 1.29 is 33.3 Å². The number of ether oxygens (including phenoxy) is 4. The van der Waals surface area contributed by atoms with Crippen molar-refractivity contribution in [3.05, 3.63) is 88.5 Å². The van der Waals surface area contributed by atoms with Gasteiger partial charge in [0.2, 0.25) is 0 Å². The molecule has 0 spiro atoms.